The smallest absolute Gasteiger partial charge is 0.266 e. The minimum atomic E-state index is -2.76. The second kappa shape index (κ2) is 4.35. The van der Waals surface area contributed by atoms with Crippen LogP contribution in [0.1, 0.15) is 22.3 Å². The molecule has 1 rings (SSSR count). The minimum Gasteiger partial charge on any atom is -0.328 e. The Morgan fingerprint density at radius 3 is 2.57 bits per heavy atom. The third-order valence-corrected chi connectivity index (χ3v) is 2.84. The largest absolute Gasteiger partial charge is 0.328 e. The summed E-state index contributed by atoms with van der Waals surface area (Å²) in [6.07, 6.45) is -1.88. The molecule has 0 aliphatic heterocycles. The molecule has 1 aromatic rings. The number of H-pyrrole nitrogens is 1. The van der Waals surface area contributed by atoms with Crippen molar-refractivity contribution in [1.82, 2.24) is 4.98 Å². The van der Waals surface area contributed by atoms with Gasteiger partial charge in [0.05, 0.1) is 0 Å². The van der Waals surface area contributed by atoms with Gasteiger partial charge in [-0.25, -0.2) is 8.78 Å². The fraction of sp³-hybridized carbons (Fsp3) is 0.143. The average Bonchev–Trinajstić information content (AvgIpc) is 2.02. The Hall–Kier alpha value is -0.500. The van der Waals surface area contributed by atoms with Gasteiger partial charge in [0, 0.05) is 15.3 Å². The lowest BCUT2D eigenvalue weighted by Crippen LogP contribution is -2.18. The van der Waals surface area contributed by atoms with Crippen LogP contribution in [0.15, 0.2) is 11.0 Å². The van der Waals surface area contributed by atoms with Crippen molar-refractivity contribution in [2.24, 2.45) is 0 Å². The van der Waals surface area contributed by atoms with Crippen molar-refractivity contribution < 1.29 is 13.6 Å². The number of rotatable bonds is 2. The first-order valence-corrected chi connectivity index (χ1v) is 4.80. The van der Waals surface area contributed by atoms with E-state index >= 15 is 0 Å². The predicted octanol–water partition coefficient (Wildman–Crippen LogP) is 2.30. The Labute approximate surface area is 95.6 Å². The number of carbonyl (C=O) groups is 1. The molecule has 3 nitrogen and oxygen atoms in total. The number of carbonyl (C=O) groups excluding carboxylic acids is 1. The number of alkyl halides is 2. The molecule has 0 fully saturated rings. The summed E-state index contributed by atoms with van der Waals surface area (Å²) in [5.41, 5.74) is -1.61. The van der Waals surface area contributed by atoms with Crippen LogP contribution in [0.4, 0.5) is 8.78 Å². The standard InChI is InChI=1S/C7H3ClF2INO2/c8-5(13)3-4(11)2(6(9)10)1-12-7(3)14/h1,6H,(H,12,14). The van der Waals surface area contributed by atoms with Gasteiger partial charge in [-0.05, 0) is 34.2 Å². The maximum absolute atomic E-state index is 12.3. The first-order chi connectivity index (χ1) is 6.45. The molecule has 0 aliphatic rings. The molecule has 14 heavy (non-hydrogen) atoms. The molecular weight excluding hydrogens is 330 g/mol. The third kappa shape index (κ3) is 2.11. The molecule has 1 N–H and O–H groups in total. The molecule has 76 valence electrons. The molecule has 1 aromatic heterocycles. The number of halogens is 4. The highest BCUT2D eigenvalue weighted by molar-refractivity contribution is 14.1. The lowest BCUT2D eigenvalue weighted by molar-refractivity contribution is 0.107. The number of pyridine rings is 1. The lowest BCUT2D eigenvalue weighted by atomic mass is 10.2. The van der Waals surface area contributed by atoms with Gasteiger partial charge in [0.1, 0.15) is 5.56 Å². The number of aromatic amines is 1. The normalized spacial score (nSPS) is 10.6. The lowest BCUT2D eigenvalue weighted by Gasteiger charge is -2.04. The topological polar surface area (TPSA) is 49.9 Å². The minimum absolute atomic E-state index is 0.110. The molecule has 0 aromatic carbocycles. The summed E-state index contributed by atoms with van der Waals surface area (Å²) in [4.78, 5) is 23.8. The van der Waals surface area contributed by atoms with E-state index in [0.29, 0.717) is 0 Å². The first kappa shape index (κ1) is 11.6. The molecule has 0 atom stereocenters. The summed E-state index contributed by atoms with van der Waals surface area (Å²) >= 11 is 6.57. The molecule has 0 radical (unpaired) electrons. The van der Waals surface area contributed by atoms with Gasteiger partial charge in [0.15, 0.2) is 0 Å². The summed E-state index contributed by atoms with van der Waals surface area (Å²) in [6.45, 7) is 0. The average molecular weight is 333 g/mol. The molecule has 0 aliphatic carbocycles. The van der Waals surface area contributed by atoms with Crippen LogP contribution in [0.25, 0.3) is 0 Å². The van der Waals surface area contributed by atoms with Gasteiger partial charge in [-0.15, -0.1) is 0 Å². The number of aromatic nitrogens is 1. The van der Waals surface area contributed by atoms with Crippen LogP contribution in [-0.2, 0) is 0 Å². The van der Waals surface area contributed by atoms with E-state index in [4.69, 9.17) is 11.6 Å². The van der Waals surface area contributed by atoms with Crippen LogP contribution in [0, 0.1) is 3.57 Å². The van der Waals surface area contributed by atoms with Crippen LogP contribution in [0.2, 0.25) is 0 Å². The quantitative estimate of drug-likeness (QED) is 0.667. The van der Waals surface area contributed by atoms with Crippen molar-refractivity contribution >= 4 is 39.4 Å². The fourth-order valence-corrected chi connectivity index (χ4v) is 2.08. The Bertz CT molecular complexity index is 432. The van der Waals surface area contributed by atoms with Crippen molar-refractivity contribution in [2.45, 2.75) is 6.43 Å². The van der Waals surface area contributed by atoms with Crippen molar-refractivity contribution in [2.75, 3.05) is 0 Å². The third-order valence-electron chi connectivity index (χ3n) is 1.49. The van der Waals surface area contributed by atoms with Gasteiger partial charge >= 0.3 is 0 Å². The molecule has 0 unspecified atom stereocenters. The van der Waals surface area contributed by atoms with E-state index in [1.807, 2.05) is 4.98 Å². The molecule has 1 heterocycles. The van der Waals surface area contributed by atoms with Crippen LogP contribution < -0.4 is 5.56 Å². The van der Waals surface area contributed by atoms with Crippen molar-refractivity contribution in [3.8, 4) is 0 Å². The van der Waals surface area contributed by atoms with E-state index < -0.39 is 28.4 Å². The summed E-state index contributed by atoms with van der Waals surface area (Å²) in [7, 11) is 0. The highest BCUT2D eigenvalue weighted by Gasteiger charge is 2.20. The maximum atomic E-state index is 12.3. The molecular formula is C7H3ClF2INO2. The van der Waals surface area contributed by atoms with Crippen LogP contribution in [0.3, 0.4) is 0 Å². The van der Waals surface area contributed by atoms with E-state index in [9.17, 15) is 18.4 Å². The summed E-state index contributed by atoms with van der Waals surface area (Å²) in [6, 6.07) is 0. The maximum Gasteiger partial charge on any atom is 0.266 e. The van der Waals surface area contributed by atoms with Gasteiger partial charge in [-0.2, -0.15) is 0 Å². The van der Waals surface area contributed by atoms with Gasteiger partial charge in [-0.1, -0.05) is 0 Å². The van der Waals surface area contributed by atoms with Crippen LogP contribution >= 0.6 is 34.2 Å². The van der Waals surface area contributed by atoms with E-state index in [0.717, 1.165) is 6.20 Å². The highest BCUT2D eigenvalue weighted by Crippen LogP contribution is 2.24. The van der Waals surface area contributed by atoms with Gasteiger partial charge < -0.3 is 4.98 Å². The molecule has 0 amide bonds. The molecule has 0 saturated carbocycles. The molecule has 0 saturated heterocycles. The summed E-state index contributed by atoms with van der Waals surface area (Å²) in [5.74, 6) is 0. The van der Waals surface area contributed by atoms with E-state index in [-0.39, 0.29) is 3.57 Å². The molecule has 0 spiro atoms. The first-order valence-electron chi connectivity index (χ1n) is 3.34. The molecule has 7 heteroatoms. The van der Waals surface area contributed by atoms with Crippen molar-refractivity contribution in [3.63, 3.8) is 0 Å². The Kier molecular flexibility index (Phi) is 3.59. The fourth-order valence-electron chi connectivity index (χ4n) is 0.857. The van der Waals surface area contributed by atoms with Crippen molar-refractivity contribution in [1.29, 1.82) is 0 Å². The zero-order valence-corrected chi connectivity index (χ0v) is 9.40. The monoisotopic (exact) mass is 333 g/mol. The summed E-state index contributed by atoms with van der Waals surface area (Å²) in [5, 5.41) is -1.04. The number of hydrogen-bond donors (Lipinski definition) is 1. The Balaban J connectivity index is 3.49. The second-order valence-electron chi connectivity index (χ2n) is 2.34. The molecule has 0 bridgehead atoms. The second-order valence-corrected chi connectivity index (χ2v) is 3.76. The van der Waals surface area contributed by atoms with E-state index in [1.165, 1.54) is 22.6 Å². The predicted molar refractivity (Wildman–Crippen MR) is 54.9 cm³/mol. The van der Waals surface area contributed by atoms with E-state index in [2.05, 4.69) is 0 Å². The van der Waals surface area contributed by atoms with E-state index in [1.54, 1.807) is 0 Å². The van der Waals surface area contributed by atoms with Gasteiger partial charge in [0.2, 0.25) is 0 Å². The Morgan fingerprint density at radius 2 is 2.14 bits per heavy atom. The highest BCUT2D eigenvalue weighted by atomic mass is 127. The zero-order valence-electron chi connectivity index (χ0n) is 6.48. The number of nitrogens with one attached hydrogen (secondary N) is 1. The van der Waals surface area contributed by atoms with Crippen molar-refractivity contribution in [3.05, 3.63) is 31.2 Å². The van der Waals surface area contributed by atoms with Gasteiger partial charge in [0.25, 0.3) is 17.2 Å². The SMILES string of the molecule is O=C(Cl)c1c(I)c(C(F)F)c[nH]c1=O. The summed E-state index contributed by atoms with van der Waals surface area (Å²) < 4.78 is 24.5. The Morgan fingerprint density at radius 1 is 1.57 bits per heavy atom. The van der Waals surface area contributed by atoms with Crippen LogP contribution in [-0.4, -0.2) is 10.2 Å². The number of hydrogen-bond acceptors (Lipinski definition) is 2. The van der Waals surface area contributed by atoms with Gasteiger partial charge in [-0.3, -0.25) is 9.59 Å². The zero-order chi connectivity index (χ0) is 10.9. The van der Waals surface area contributed by atoms with Crippen LogP contribution in [0.5, 0.6) is 0 Å².